The van der Waals surface area contributed by atoms with E-state index in [2.05, 4.69) is 10.3 Å². The molecule has 3 heterocycles. The highest BCUT2D eigenvalue weighted by molar-refractivity contribution is 6.03. The van der Waals surface area contributed by atoms with Gasteiger partial charge in [0, 0.05) is 32.4 Å². The molecule has 7 heteroatoms. The summed E-state index contributed by atoms with van der Waals surface area (Å²) < 4.78 is 0. The number of hydrogen-bond donors (Lipinski definition) is 2. The number of nitrogens with zero attached hydrogens (tertiary/aromatic N) is 3. The predicted molar refractivity (Wildman–Crippen MR) is 106 cm³/mol. The summed E-state index contributed by atoms with van der Waals surface area (Å²) in [7, 11) is 1.75. The summed E-state index contributed by atoms with van der Waals surface area (Å²) in [6, 6.07) is 3.73. The van der Waals surface area contributed by atoms with E-state index < -0.39 is 5.54 Å². The molecule has 2 aliphatic heterocycles. The number of aliphatic hydroxyl groups excluding tert-OH is 1. The Bertz CT molecular complexity index is 747. The largest absolute Gasteiger partial charge is 0.393 e. The lowest BCUT2D eigenvalue weighted by atomic mass is 9.82. The number of hydrogen-bond acceptors (Lipinski definition) is 5. The summed E-state index contributed by atoms with van der Waals surface area (Å²) in [5.74, 6) is 0.557. The Morgan fingerprint density at radius 2 is 1.93 bits per heavy atom. The summed E-state index contributed by atoms with van der Waals surface area (Å²) >= 11 is 0. The first-order valence-corrected chi connectivity index (χ1v) is 10.5. The highest BCUT2D eigenvalue weighted by atomic mass is 16.3. The molecule has 0 radical (unpaired) electrons. The van der Waals surface area contributed by atoms with Crippen LogP contribution in [0.2, 0.25) is 0 Å². The van der Waals surface area contributed by atoms with Crippen molar-refractivity contribution in [2.24, 2.45) is 0 Å². The predicted octanol–water partition coefficient (Wildman–Crippen LogP) is 2.02. The van der Waals surface area contributed by atoms with Crippen LogP contribution in [-0.2, 0) is 4.79 Å². The number of pyridine rings is 1. The van der Waals surface area contributed by atoms with Gasteiger partial charge in [0.1, 0.15) is 11.4 Å². The van der Waals surface area contributed by atoms with Crippen LogP contribution in [0.4, 0.5) is 5.82 Å². The van der Waals surface area contributed by atoms with Gasteiger partial charge in [-0.25, -0.2) is 4.98 Å². The molecule has 0 aromatic carbocycles. The summed E-state index contributed by atoms with van der Waals surface area (Å²) in [6.45, 7) is 1.37. The number of carbonyl (C=O) groups is 2. The molecule has 3 fully saturated rings. The molecule has 2 amide bonds. The van der Waals surface area contributed by atoms with E-state index in [9.17, 15) is 14.7 Å². The molecule has 1 saturated carbocycles. The van der Waals surface area contributed by atoms with Crippen LogP contribution in [0, 0.1) is 0 Å². The van der Waals surface area contributed by atoms with Crippen LogP contribution in [0.15, 0.2) is 18.3 Å². The van der Waals surface area contributed by atoms with E-state index in [4.69, 9.17) is 0 Å². The van der Waals surface area contributed by atoms with Crippen LogP contribution in [0.5, 0.6) is 0 Å². The van der Waals surface area contributed by atoms with Crippen LogP contribution < -0.4 is 5.32 Å². The van der Waals surface area contributed by atoms with Crippen molar-refractivity contribution in [1.82, 2.24) is 14.8 Å². The fourth-order valence-corrected chi connectivity index (χ4v) is 5.32. The second kappa shape index (κ2) is 7.70. The zero-order valence-corrected chi connectivity index (χ0v) is 16.6. The Kier molecular flexibility index (Phi) is 5.27. The maximum Gasteiger partial charge on any atom is 0.258 e. The summed E-state index contributed by atoms with van der Waals surface area (Å²) in [6.07, 6.45) is 7.87. The molecule has 1 aliphatic carbocycles. The van der Waals surface area contributed by atoms with Gasteiger partial charge >= 0.3 is 0 Å². The van der Waals surface area contributed by atoms with Crippen LogP contribution in [0.3, 0.4) is 0 Å². The Hall–Kier alpha value is -2.15. The lowest BCUT2D eigenvalue weighted by Crippen LogP contribution is -2.63. The minimum absolute atomic E-state index is 0.107. The second-order valence-electron chi connectivity index (χ2n) is 8.31. The molecule has 2 saturated heterocycles. The maximum absolute atomic E-state index is 13.7. The number of anilines is 1. The molecule has 1 unspecified atom stereocenters. The first-order valence-electron chi connectivity index (χ1n) is 10.5. The quantitative estimate of drug-likeness (QED) is 0.830. The van der Waals surface area contributed by atoms with Gasteiger partial charge in [-0.15, -0.1) is 0 Å². The Balaban J connectivity index is 1.60. The van der Waals surface area contributed by atoms with Crippen LogP contribution >= 0.6 is 0 Å². The number of carbonyl (C=O) groups excluding carboxylic acids is 2. The summed E-state index contributed by atoms with van der Waals surface area (Å²) in [5, 5.41) is 12.8. The molecule has 0 bridgehead atoms. The highest BCUT2D eigenvalue weighted by Gasteiger charge is 2.54. The molecular formula is C21H30N4O3. The minimum atomic E-state index is -0.716. The molecule has 2 N–H and O–H groups in total. The average molecular weight is 386 g/mol. The van der Waals surface area contributed by atoms with E-state index in [0.717, 1.165) is 57.9 Å². The van der Waals surface area contributed by atoms with Crippen molar-refractivity contribution in [3.8, 4) is 0 Å². The standard InChI is InChI=1S/C21H30N4O3/c1-22-18-17(5-2-12-23-18)19(27)25-14-4-11-21(25)10-3-13-24(20(21)28)15-6-8-16(26)9-7-15/h2,5,12,15-16,26H,3-4,6-11,13-14H2,1H3,(H,22,23). The van der Waals surface area contributed by atoms with E-state index in [0.29, 0.717) is 17.9 Å². The van der Waals surface area contributed by atoms with E-state index in [1.807, 2.05) is 9.80 Å². The lowest BCUT2D eigenvalue weighted by Gasteiger charge is -2.48. The molecule has 1 atom stereocenters. The first kappa shape index (κ1) is 19.2. The third-order valence-electron chi connectivity index (χ3n) is 6.76. The molecule has 4 rings (SSSR count). The van der Waals surface area contributed by atoms with Crippen molar-refractivity contribution < 1.29 is 14.7 Å². The maximum atomic E-state index is 13.7. The molecule has 3 aliphatic rings. The van der Waals surface area contributed by atoms with Crippen LogP contribution in [-0.4, -0.2) is 69.5 Å². The fraction of sp³-hybridized carbons (Fsp3) is 0.667. The van der Waals surface area contributed by atoms with E-state index in [1.54, 1.807) is 25.4 Å². The normalized spacial score (nSPS) is 30.7. The number of aromatic nitrogens is 1. The first-order chi connectivity index (χ1) is 13.6. The second-order valence-corrected chi connectivity index (χ2v) is 8.31. The van der Waals surface area contributed by atoms with Gasteiger partial charge in [-0.3, -0.25) is 9.59 Å². The van der Waals surface area contributed by atoms with Crippen LogP contribution in [0.25, 0.3) is 0 Å². The Morgan fingerprint density at radius 3 is 2.64 bits per heavy atom. The van der Waals surface area contributed by atoms with E-state index in [-0.39, 0.29) is 24.0 Å². The lowest BCUT2D eigenvalue weighted by molar-refractivity contribution is -0.149. The topological polar surface area (TPSA) is 85.8 Å². The molecule has 152 valence electrons. The van der Waals surface area contributed by atoms with Crippen LogP contribution in [0.1, 0.15) is 61.7 Å². The zero-order valence-electron chi connectivity index (χ0n) is 16.6. The average Bonchev–Trinajstić information content (AvgIpc) is 3.15. The van der Waals surface area contributed by atoms with Gasteiger partial charge in [-0.2, -0.15) is 0 Å². The van der Waals surface area contributed by atoms with Crippen molar-refractivity contribution in [1.29, 1.82) is 0 Å². The van der Waals surface area contributed by atoms with Gasteiger partial charge in [0.2, 0.25) is 5.91 Å². The van der Waals surface area contributed by atoms with Gasteiger partial charge in [0.25, 0.3) is 5.91 Å². The Morgan fingerprint density at radius 1 is 1.21 bits per heavy atom. The third kappa shape index (κ3) is 3.15. The SMILES string of the molecule is CNc1ncccc1C(=O)N1CCCC12CCCN(C1CCC(O)CC1)C2=O. The monoisotopic (exact) mass is 386 g/mol. The number of amides is 2. The molecule has 1 aromatic rings. The summed E-state index contributed by atoms with van der Waals surface area (Å²) in [5.41, 5.74) is -0.191. The van der Waals surface area contributed by atoms with Gasteiger partial charge < -0.3 is 20.2 Å². The smallest absolute Gasteiger partial charge is 0.258 e. The van der Waals surface area contributed by atoms with E-state index >= 15 is 0 Å². The van der Waals surface area contributed by atoms with Gasteiger partial charge in [-0.1, -0.05) is 0 Å². The van der Waals surface area contributed by atoms with Crippen molar-refractivity contribution >= 4 is 17.6 Å². The summed E-state index contributed by atoms with van der Waals surface area (Å²) in [4.78, 5) is 35.2. The van der Waals surface area contributed by atoms with Gasteiger partial charge in [-0.05, 0) is 63.5 Å². The molecule has 28 heavy (non-hydrogen) atoms. The van der Waals surface area contributed by atoms with Gasteiger partial charge in [0.05, 0.1) is 11.7 Å². The number of piperidine rings is 1. The highest BCUT2D eigenvalue weighted by Crippen LogP contribution is 2.41. The minimum Gasteiger partial charge on any atom is -0.393 e. The number of rotatable bonds is 3. The van der Waals surface area contributed by atoms with E-state index in [1.165, 1.54) is 0 Å². The molecule has 1 aromatic heterocycles. The Labute approximate surface area is 166 Å². The van der Waals surface area contributed by atoms with Crippen molar-refractivity contribution in [3.05, 3.63) is 23.9 Å². The van der Waals surface area contributed by atoms with Crippen molar-refractivity contribution in [3.63, 3.8) is 0 Å². The van der Waals surface area contributed by atoms with Crippen molar-refractivity contribution in [2.45, 2.75) is 69.1 Å². The molecule has 7 nitrogen and oxygen atoms in total. The van der Waals surface area contributed by atoms with Gasteiger partial charge in [0.15, 0.2) is 0 Å². The fourth-order valence-electron chi connectivity index (χ4n) is 5.32. The number of nitrogens with one attached hydrogen (secondary N) is 1. The number of aliphatic hydroxyl groups is 1. The number of likely N-dealkylation sites (tertiary alicyclic amines) is 2. The molecule has 1 spiro atoms. The molecular weight excluding hydrogens is 356 g/mol. The zero-order chi connectivity index (χ0) is 19.7. The third-order valence-corrected chi connectivity index (χ3v) is 6.76. The van der Waals surface area contributed by atoms with Crippen molar-refractivity contribution in [2.75, 3.05) is 25.5 Å².